The van der Waals surface area contributed by atoms with Gasteiger partial charge in [0.25, 0.3) is 5.91 Å². The molecule has 0 saturated carbocycles. The lowest BCUT2D eigenvalue weighted by atomic mass is 9.96. The molecule has 1 aromatic heterocycles. The molecule has 1 fully saturated rings. The van der Waals surface area contributed by atoms with Crippen molar-refractivity contribution in [3.63, 3.8) is 0 Å². The Bertz CT molecular complexity index is 742. The van der Waals surface area contributed by atoms with Crippen molar-refractivity contribution < 1.29 is 9.53 Å². The highest BCUT2D eigenvalue weighted by Gasteiger charge is 2.34. The van der Waals surface area contributed by atoms with Gasteiger partial charge >= 0.3 is 0 Å². The summed E-state index contributed by atoms with van der Waals surface area (Å²) in [6.07, 6.45) is 4.31. The SMILES string of the molecule is CNCc1cn(CC2CCN(C(=O)[C@H]3Cc4ccccc4O3)CC2)nn1. The van der Waals surface area contributed by atoms with Crippen LogP contribution >= 0.6 is 0 Å². The van der Waals surface area contributed by atoms with Crippen LogP contribution in [-0.4, -0.2) is 52.0 Å². The minimum atomic E-state index is -0.358. The smallest absolute Gasteiger partial charge is 0.263 e. The van der Waals surface area contributed by atoms with Crippen molar-refractivity contribution >= 4 is 5.91 Å². The zero-order valence-electron chi connectivity index (χ0n) is 15.1. The van der Waals surface area contributed by atoms with Crippen LogP contribution in [0.1, 0.15) is 24.1 Å². The van der Waals surface area contributed by atoms with E-state index < -0.39 is 0 Å². The zero-order chi connectivity index (χ0) is 17.9. The summed E-state index contributed by atoms with van der Waals surface area (Å²) >= 11 is 0. The first kappa shape index (κ1) is 17.0. The molecule has 7 nitrogen and oxygen atoms in total. The van der Waals surface area contributed by atoms with Gasteiger partial charge in [-0.3, -0.25) is 9.48 Å². The third kappa shape index (κ3) is 3.58. The lowest BCUT2D eigenvalue weighted by Crippen LogP contribution is -2.45. The molecule has 0 unspecified atom stereocenters. The standard InChI is InChI=1S/C19H25N5O2/c1-20-11-16-13-24(22-21-16)12-14-6-8-23(9-7-14)19(25)18-10-15-4-2-3-5-17(15)26-18/h2-5,13-14,18,20H,6-12H2,1H3/t18-/m1/s1. The van der Waals surface area contributed by atoms with Gasteiger partial charge in [0, 0.05) is 38.8 Å². The van der Waals surface area contributed by atoms with E-state index in [-0.39, 0.29) is 12.0 Å². The van der Waals surface area contributed by atoms with Crippen LogP contribution in [0.2, 0.25) is 0 Å². The van der Waals surface area contributed by atoms with Gasteiger partial charge < -0.3 is 15.0 Å². The minimum Gasteiger partial charge on any atom is -0.480 e. The highest BCUT2D eigenvalue weighted by molar-refractivity contribution is 5.82. The van der Waals surface area contributed by atoms with Crippen molar-refractivity contribution in [3.05, 3.63) is 41.7 Å². The molecule has 1 N–H and O–H groups in total. The van der Waals surface area contributed by atoms with Crippen molar-refractivity contribution in [2.24, 2.45) is 5.92 Å². The summed E-state index contributed by atoms with van der Waals surface area (Å²) in [6, 6.07) is 7.92. The molecule has 2 aromatic rings. The minimum absolute atomic E-state index is 0.122. The van der Waals surface area contributed by atoms with Gasteiger partial charge in [-0.1, -0.05) is 23.4 Å². The van der Waals surface area contributed by atoms with Gasteiger partial charge in [-0.25, -0.2) is 0 Å². The summed E-state index contributed by atoms with van der Waals surface area (Å²) in [4.78, 5) is 14.7. The second-order valence-electron chi connectivity index (χ2n) is 7.15. The lowest BCUT2D eigenvalue weighted by molar-refractivity contribution is -0.139. The predicted molar refractivity (Wildman–Crippen MR) is 96.7 cm³/mol. The Morgan fingerprint density at radius 1 is 1.31 bits per heavy atom. The van der Waals surface area contributed by atoms with Gasteiger partial charge in [0.2, 0.25) is 0 Å². The maximum Gasteiger partial charge on any atom is 0.263 e. The number of likely N-dealkylation sites (tertiary alicyclic amines) is 1. The second-order valence-corrected chi connectivity index (χ2v) is 7.15. The Morgan fingerprint density at radius 2 is 2.12 bits per heavy atom. The number of hydrogen-bond acceptors (Lipinski definition) is 5. The summed E-state index contributed by atoms with van der Waals surface area (Å²) in [6.45, 7) is 3.18. The van der Waals surface area contributed by atoms with Crippen LogP contribution in [-0.2, 0) is 24.3 Å². The molecule has 2 aliphatic heterocycles. The maximum absolute atomic E-state index is 12.8. The van der Waals surface area contributed by atoms with Crippen LogP contribution in [0.4, 0.5) is 0 Å². The van der Waals surface area contributed by atoms with Crippen LogP contribution in [0.25, 0.3) is 0 Å². The Labute approximate surface area is 153 Å². The van der Waals surface area contributed by atoms with E-state index in [1.54, 1.807) is 0 Å². The molecule has 138 valence electrons. The number of piperidine rings is 1. The fourth-order valence-electron chi connectivity index (χ4n) is 3.81. The van der Waals surface area contributed by atoms with Crippen LogP contribution in [0.5, 0.6) is 5.75 Å². The van der Waals surface area contributed by atoms with Gasteiger partial charge in [-0.2, -0.15) is 0 Å². The molecular formula is C19H25N5O2. The topological polar surface area (TPSA) is 72.3 Å². The van der Waals surface area contributed by atoms with Gasteiger partial charge in [0.15, 0.2) is 6.10 Å². The largest absolute Gasteiger partial charge is 0.480 e. The first-order valence-electron chi connectivity index (χ1n) is 9.30. The van der Waals surface area contributed by atoms with E-state index >= 15 is 0 Å². The molecule has 2 aliphatic rings. The fourth-order valence-corrected chi connectivity index (χ4v) is 3.81. The number of amides is 1. The Morgan fingerprint density at radius 3 is 2.88 bits per heavy atom. The normalized spacial score (nSPS) is 20.0. The van der Waals surface area contributed by atoms with E-state index in [0.29, 0.717) is 12.3 Å². The Kier molecular flexibility index (Phi) is 4.88. The number of aromatic nitrogens is 3. The molecule has 0 bridgehead atoms. The van der Waals surface area contributed by atoms with Crippen LogP contribution in [0, 0.1) is 5.92 Å². The summed E-state index contributed by atoms with van der Waals surface area (Å²) in [7, 11) is 1.90. The summed E-state index contributed by atoms with van der Waals surface area (Å²) in [5.41, 5.74) is 2.09. The zero-order valence-corrected chi connectivity index (χ0v) is 15.1. The van der Waals surface area contributed by atoms with Crippen molar-refractivity contribution in [3.8, 4) is 5.75 Å². The van der Waals surface area contributed by atoms with E-state index in [4.69, 9.17) is 4.74 Å². The van der Waals surface area contributed by atoms with Crippen LogP contribution < -0.4 is 10.1 Å². The van der Waals surface area contributed by atoms with Crippen molar-refractivity contribution in [2.45, 2.75) is 38.5 Å². The lowest BCUT2D eigenvalue weighted by Gasteiger charge is -2.33. The molecule has 3 heterocycles. The number of para-hydroxylation sites is 1. The maximum atomic E-state index is 12.8. The van der Waals surface area contributed by atoms with E-state index in [1.165, 1.54) is 0 Å². The Hall–Kier alpha value is -2.41. The number of carbonyl (C=O) groups is 1. The number of benzene rings is 1. The number of fused-ring (bicyclic) bond motifs is 1. The molecule has 7 heteroatoms. The van der Waals surface area contributed by atoms with Crippen molar-refractivity contribution in [1.29, 1.82) is 0 Å². The fraction of sp³-hybridized carbons (Fsp3) is 0.526. The van der Waals surface area contributed by atoms with Gasteiger partial charge in [0.05, 0.1) is 5.69 Å². The molecule has 26 heavy (non-hydrogen) atoms. The molecule has 1 saturated heterocycles. The second kappa shape index (κ2) is 7.45. The van der Waals surface area contributed by atoms with Gasteiger partial charge in [-0.15, -0.1) is 5.10 Å². The van der Waals surface area contributed by atoms with E-state index in [1.807, 2.05) is 47.1 Å². The highest BCUT2D eigenvalue weighted by atomic mass is 16.5. The molecule has 0 aliphatic carbocycles. The average molecular weight is 355 g/mol. The highest BCUT2D eigenvalue weighted by Crippen LogP contribution is 2.30. The van der Waals surface area contributed by atoms with Crippen molar-refractivity contribution in [2.75, 3.05) is 20.1 Å². The summed E-state index contributed by atoms with van der Waals surface area (Å²) in [5.74, 6) is 1.51. The quantitative estimate of drug-likeness (QED) is 0.874. The molecule has 0 radical (unpaired) electrons. The molecule has 1 atom stereocenters. The van der Waals surface area contributed by atoms with Gasteiger partial charge in [0.1, 0.15) is 5.75 Å². The number of nitrogens with one attached hydrogen (secondary N) is 1. The van der Waals surface area contributed by atoms with Crippen LogP contribution in [0.15, 0.2) is 30.5 Å². The first-order chi connectivity index (χ1) is 12.7. The van der Waals surface area contributed by atoms with E-state index in [0.717, 1.165) is 56.0 Å². The number of ether oxygens (including phenoxy) is 1. The van der Waals surface area contributed by atoms with Gasteiger partial charge in [-0.05, 0) is 37.4 Å². The van der Waals surface area contributed by atoms with E-state index in [2.05, 4.69) is 15.6 Å². The molecular weight excluding hydrogens is 330 g/mol. The molecule has 1 amide bonds. The molecule has 0 spiro atoms. The number of carbonyl (C=O) groups excluding carboxylic acids is 1. The third-order valence-corrected chi connectivity index (χ3v) is 5.24. The average Bonchev–Trinajstić information content (AvgIpc) is 3.29. The third-order valence-electron chi connectivity index (χ3n) is 5.24. The van der Waals surface area contributed by atoms with Crippen LogP contribution in [0.3, 0.4) is 0 Å². The molecule has 4 rings (SSSR count). The predicted octanol–water partition coefficient (Wildman–Crippen LogP) is 1.24. The Balaban J connectivity index is 1.27. The number of nitrogens with zero attached hydrogens (tertiary/aromatic N) is 4. The first-order valence-corrected chi connectivity index (χ1v) is 9.30. The monoisotopic (exact) mass is 355 g/mol. The summed E-state index contributed by atoms with van der Waals surface area (Å²) in [5, 5.41) is 11.4. The molecule has 1 aromatic carbocycles. The number of rotatable bonds is 5. The summed E-state index contributed by atoms with van der Waals surface area (Å²) < 4.78 is 7.77. The number of hydrogen-bond donors (Lipinski definition) is 1. The van der Waals surface area contributed by atoms with Crippen molar-refractivity contribution in [1.82, 2.24) is 25.2 Å². The van der Waals surface area contributed by atoms with E-state index in [9.17, 15) is 4.79 Å².